The van der Waals surface area contributed by atoms with E-state index in [2.05, 4.69) is 29.4 Å². The van der Waals surface area contributed by atoms with Gasteiger partial charge in [0.25, 0.3) is 5.22 Å². The summed E-state index contributed by atoms with van der Waals surface area (Å²) in [6.07, 6.45) is 2.10. The number of carbonyl (C=O) groups is 1. The van der Waals surface area contributed by atoms with Crippen LogP contribution in [0.1, 0.15) is 39.2 Å². The summed E-state index contributed by atoms with van der Waals surface area (Å²) in [5.41, 5.74) is 2.00. The molecule has 0 aliphatic carbocycles. The van der Waals surface area contributed by atoms with Crippen molar-refractivity contribution in [1.29, 1.82) is 0 Å². The van der Waals surface area contributed by atoms with Crippen molar-refractivity contribution in [3.05, 3.63) is 29.8 Å². The van der Waals surface area contributed by atoms with E-state index in [0.717, 1.165) is 24.0 Å². The molecule has 0 bridgehead atoms. The number of hydrogen-bond acceptors (Lipinski definition) is 5. The number of hydrogen-bond donors (Lipinski definition) is 1. The molecule has 0 aliphatic rings. The first kappa shape index (κ1) is 18.5. The summed E-state index contributed by atoms with van der Waals surface area (Å²) in [5, 5.41) is 11.5. The highest BCUT2D eigenvalue weighted by molar-refractivity contribution is 7.99. The Kier molecular flexibility index (Phi) is 6.85. The Morgan fingerprint density at radius 1 is 1.21 bits per heavy atom. The molecule has 0 saturated carbocycles. The molecule has 0 fully saturated rings. The number of amides is 1. The van der Waals surface area contributed by atoms with Crippen LogP contribution in [0.5, 0.6) is 0 Å². The van der Waals surface area contributed by atoms with Gasteiger partial charge in [0, 0.05) is 11.6 Å². The smallest absolute Gasteiger partial charge is 0.277 e. The Morgan fingerprint density at radius 3 is 2.67 bits per heavy atom. The Labute approximate surface area is 147 Å². The van der Waals surface area contributed by atoms with Crippen LogP contribution in [0.4, 0.5) is 0 Å². The highest BCUT2D eigenvalue weighted by atomic mass is 32.2. The highest BCUT2D eigenvalue weighted by Crippen LogP contribution is 2.25. The third-order valence-electron chi connectivity index (χ3n) is 3.69. The first-order chi connectivity index (χ1) is 11.5. The molecular formula is C18H25N3O2S. The van der Waals surface area contributed by atoms with Crippen molar-refractivity contribution in [1.82, 2.24) is 15.5 Å². The molecule has 0 saturated heterocycles. The Hall–Kier alpha value is -1.82. The SMILES string of the molecule is Cc1ccccc1-c1nnc(SCC(=O)N[C@H](C)CCC(C)C)o1. The predicted octanol–water partition coefficient (Wildman–Crippen LogP) is 4.08. The van der Waals surface area contributed by atoms with Crippen molar-refractivity contribution in [3.8, 4) is 11.5 Å². The van der Waals surface area contributed by atoms with Crippen molar-refractivity contribution >= 4 is 17.7 Å². The lowest BCUT2D eigenvalue weighted by molar-refractivity contribution is -0.119. The normalized spacial score (nSPS) is 12.4. The minimum atomic E-state index is -0.00750. The quantitative estimate of drug-likeness (QED) is 0.729. The van der Waals surface area contributed by atoms with E-state index < -0.39 is 0 Å². The first-order valence-corrected chi connectivity index (χ1v) is 9.26. The second-order valence-electron chi connectivity index (χ2n) is 6.42. The molecule has 1 heterocycles. The molecule has 2 aromatic rings. The van der Waals surface area contributed by atoms with Gasteiger partial charge < -0.3 is 9.73 Å². The van der Waals surface area contributed by atoms with Crippen LogP contribution in [0.15, 0.2) is 33.9 Å². The van der Waals surface area contributed by atoms with Crippen LogP contribution >= 0.6 is 11.8 Å². The fourth-order valence-corrected chi connectivity index (χ4v) is 2.86. The summed E-state index contributed by atoms with van der Waals surface area (Å²) in [5.74, 6) is 1.41. The average Bonchev–Trinajstić information content (AvgIpc) is 3.00. The summed E-state index contributed by atoms with van der Waals surface area (Å²) in [4.78, 5) is 12.0. The summed E-state index contributed by atoms with van der Waals surface area (Å²) < 4.78 is 5.65. The largest absolute Gasteiger partial charge is 0.411 e. The number of carbonyl (C=O) groups excluding carboxylic acids is 1. The monoisotopic (exact) mass is 347 g/mol. The molecule has 24 heavy (non-hydrogen) atoms. The Bertz CT molecular complexity index is 670. The maximum atomic E-state index is 12.0. The molecule has 1 amide bonds. The third kappa shape index (κ3) is 5.67. The van der Waals surface area contributed by atoms with E-state index in [-0.39, 0.29) is 17.7 Å². The molecule has 0 unspecified atom stereocenters. The minimum absolute atomic E-state index is 0.00750. The minimum Gasteiger partial charge on any atom is -0.411 e. The van der Waals surface area contributed by atoms with Crippen LogP contribution in [-0.2, 0) is 4.79 Å². The van der Waals surface area contributed by atoms with E-state index in [1.165, 1.54) is 11.8 Å². The molecular weight excluding hydrogens is 322 g/mol. The van der Waals surface area contributed by atoms with Gasteiger partial charge >= 0.3 is 0 Å². The number of nitrogens with zero attached hydrogens (tertiary/aromatic N) is 2. The van der Waals surface area contributed by atoms with Crippen LogP contribution in [0.25, 0.3) is 11.5 Å². The van der Waals surface area contributed by atoms with Gasteiger partial charge in [-0.25, -0.2) is 0 Å². The molecule has 1 N–H and O–H groups in total. The van der Waals surface area contributed by atoms with Gasteiger partial charge in [-0.15, -0.1) is 10.2 Å². The van der Waals surface area contributed by atoms with E-state index in [9.17, 15) is 4.79 Å². The lowest BCUT2D eigenvalue weighted by Gasteiger charge is -2.14. The van der Waals surface area contributed by atoms with Gasteiger partial charge in [-0.05, 0) is 44.2 Å². The number of aryl methyl sites for hydroxylation is 1. The van der Waals surface area contributed by atoms with Gasteiger partial charge in [-0.1, -0.05) is 43.8 Å². The fourth-order valence-electron chi connectivity index (χ4n) is 2.29. The molecule has 130 valence electrons. The maximum absolute atomic E-state index is 12.0. The van der Waals surface area contributed by atoms with Gasteiger partial charge in [0.2, 0.25) is 11.8 Å². The molecule has 0 radical (unpaired) electrons. The predicted molar refractivity (Wildman–Crippen MR) is 96.9 cm³/mol. The van der Waals surface area contributed by atoms with Crippen LogP contribution in [0.2, 0.25) is 0 Å². The van der Waals surface area contributed by atoms with Crippen LogP contribution in [0, 0.1) is 12.8 Å². The zero-order valence-corrected chi connectivity index (χ0v) is 15.5. The second-order valence-corrected chi connectivity index (χ2v) is 7.34. The molecule has 0 aliphatic heterocycles. The van der Waals surface area contributed by atoms with Crippen molar-refractivity contribution < 1.29 is 9.21 Å². The van der Waals surface area contributed by atoms with E-state index in [1.54, 1.807) is 0 Å². The molecule has 1 aromatic carbocycles. The molecule has 6 heteroatoms. The molecule has 0 spiro atoms. The van der Waals surface area contributed by atoms with Gasteiger partial charge in [0.1, 0.15) is 0 Å². The van der Waals surface area contributed by atoms with E-state index >= 15 is 0 Å². The second kappa shape index (κ2) is 8.87. The van der Waals surface area contributed by atoms with Gasteiger partial charge in [0.05, 0.1) is 5.75 Å². The lowest BCUT2D eigenvalue weighted by atomic mass is 10.0. The fraction of sp³-hybridized carbons (Fsp3) is 0.500. The summed E-state index contributed by atoms with van der Waals surface area (Å²) in [6, 6.07) is 8.03. The van der Waals surface area contributed by atoms with Crippen molar-refractivity contribution in [2.45, 2.75) is 51.8 Å². The first-order valence-electron chi connectivity index (χ1n) is 8.27. The zero-order valence-electron chi connectivity index (χ0n) is 14.7. The van der Waals surface area contributed by atoms with Gasteiger partial charge in [-0.3, -0.25) is 4.79 Å². The molecule has 5 nitrogen and oxygen atoms in total. The number of benzene rings is 1. The van der Waals surface area contributed by atoms with Gasteiger partial charge in [0.15, 0.2) is 0 Å². The van der Waals surface area contributed by atoms with Gasteiger partial charge in [-0.2, -0.15) is 0 Å². The molecule has 1 atom stereocenters. The standard InChI is InChI=1S/C18H25N3O2S/c1-12(2)9-10-14(4)19-16(22)11-24-18-21-20-17(23-18)15-8-6-5-7-13(15)3/h5-8,12,14H,9-11H2,1-4H3,(H,19,22)/t14-/m1/s1. The van der Waals surface area contributed by atoms with E-state index in [4.69, 9.17) is 4.42 Å². The van der Waals surface area contributed by atoms with Crippen LogP contribution in [0.3, 0.4) is 0 Å². The van der Waals surface area contributed by atoms with Crippen LogP contribution in [-0.4, -0.2) is 27.9 Å². The number of aromatic nitrogens is 2. The Balaban J connectivity index is 1.83. The third-order valence-corrected chi connectivity index (χ3v) is 4.51. The van der Waals surface area contributed by atoms with Crippen molar-refractivity contribution in [3.63, 3.8) is 0 Å². The number of rotatable bonds is 8. The average molecular weight is 347 g/mol. The summed E-state index contributed by atoms with van der Waals surface area (Å²) in [7, 11) is 0. The van der Waals surface area contributed by atoms with E-state index in [0.29, 0.717) is 17.0 Å². The zero-order chi connectivity index (χ0) is 17.5. The highest BCUT2D eigenvalue weighted by Gasteiger charge is 2.13. The van der Waals surface area contributed by atoms with Crippen molar-refractivity contribution in [2.75, 3.05) is 5.75 Å². The van der Waals surface area contributed by atoms with E-state index in [1.807, 2.05) is 38.1 Å². The molecule has 2 rings (SSSR count). The number of thioether (sulfide) groups is 1. The number of nitrogens with one attached hydrogen (secondary N) is 1. The van der Waals surface area contributed by atoms with Crippen molar-refractivity contribution in [2.24, 2.45) is 5.92 Å². The van der Waals surface area contributed by atoms with Crippen LogP contribution < -0.4 is 5.32 Å². The lowest BCUT2D eigenvalue weighted by Crippen LogP contribution is -2.34. The topological polar surface area (TPSA) is 68.0 Å². The molecule has 1 aromatic heterocycles. The summed E-state index contributed by atoms with van der Waals surface area (Å²) in [6.45, 7) is 8.41. The summed E-state index contributed by atoms with van der Waals surface area (Å²) >= 11 is 1.26. The maximum Gasteiger partial charge on any atom is 0.277 e. The Morgan fingerprint density at radius 2 is 1.96 bits per heavy atom.